The fraction of sp³-hybridized carbons (Fsp3) is 0.300. The van der Waals surface area contributed by atoms with E-state index < -0.39 is 11.9 Å². The predicted octanol–water partition coefficient (Wildman–Crippen LogP) is 3.95. The number of aryl methyl sites for hydroxylation is 2. The number of benzene rings is 1. The minimum Gasteiger partial charge on any atom is -0.465 e. The number of rotatable bonds is 8. The smallest absolute Gasteiger partial charge is 0.323 e. The van der Waals surface area contributed by atoms with E-state index in [0.29, 0.717) is 10.2 Å². The van der Waals surface area contributed by atoms with Gasteiger partial charge in [-0.25, -0.2) is 9.97 Å². The molecule has 0 aliphatic heterocycles. The van der Waals surface area contributed by atoms with Crippen LogP contribution in [0.3, 0.4) is 0 Å². The second-order valence-corrected chi connectivity index (χ2v) is 8.02. The van der Waals surface area contributed by atoms with E-state index in [1.807, 2.05) is 54.3 Å². The zero-order valence-electron chi connectivity index (χ0n) is 15.9. The Morgan fingerprint density at radius 1 is 1.32 bits per heavy atom. The number of thiazole rings is 1. The molecule has 0 aliphatic carbocycles. The topological polar surface area (TPSA) is 74.1 Å². The van der Waals surface area contributed by atoms with Crippen LogP contribution in [-0.4, -0.2) is 38.6 Å². The summed E-state index contributed by atoms with van der Waals surface area (Å²) in [6.07, 6.45) is 3.55. The van der Waals surface area contributed by atoms with Gasteiger partial charge in [-0.1, -0.05) is 23.9 Å². The highest BCUT2D eigenvalue weighted by Gasteiger charge is 2.32. The van der Waals surface area contributed by atoms with Gasteiger partial charge in [-0.15, -0.1) is 11.3 Å². The maximum Gasteiger partial charge on any atom is 0.323 e. The molecule has 0 radical (unpaired) electrons. The molecule has 0 fully saturated rings. The number of Topliss-reactive ketones (excluding diaryl/α,β-unsaturated/α-hetero) is 1. The van der Waals surface area contributed by atoms with E-state index in [1.165, 1.54) is 23.1 Å². The van der Waals surface area contributed by atoms with Crippen LogP contribution in [0, 0.1) is 13.8 Å². The Hall–Kier alpha value is -2.45. The summed E-state index contributed by atoms with van der Waals surface area (Å²) < 4.78 is 7.04. The first-order valence-corrected chi connectivity index (χ1v) is 10.7. The summed E-state index contributed by atoms with van der Waals surface area (Å²) in [6, 6.07) is 8.04. The molecule has 3 aromatic rings. The molecule has 0 saturated heterocycles. The Morgan fingerprint density at radius 3 is 2.82 bits per heavy atom. The van der Waals surface area contributed by atoms with Gasteiger partial charge in [-0.05, 0) is 38.5 Å². The highest BCUT2D eigenvalue weighted by Crippen LogP contribution is 2.27. The number of thioether (sulfide) groups is 1. The Morgan fingerprint density at radius 2 is 2.14 bits per heavy atom. The summed E-state index contributed by atoms with van der Waals surface area (Å²) >= 11 is 2.60. The molecule has 1 atom stereocenters. The van der Waals surface area contributed by atoms with Gasteiger partial charge >= 0.3 is 5.97 Å². The largest absolute Gasteiger partial charge is 0.465 e. The molecular weight excluding hydrogens is 394 g/mol. The first kappa shape index (κ1) is 20.3. The number of hydrogen-bond acceptors (Lipinski definition) is 7. The quantitative estimate of drug-likeness (QED) is 0.315. The molecule has 0 spiro atoms. The second kappa shape index (κ2) is 9.16. The number of ether oxygens (including phenoxy) is 1. The van der Waals surface area contributed by atoms with Crippen molar-refractivity contribution in [2.45, 2.75) is 31.8 Å². The summed E-state index contributed by atoms with van der Waals surface area (Å²) in [6.45, 7) is 5.80. The number of aromatic nitrogens is 3. The van der Waals surface area contributed by atoms with Crippen molar-refractivity contribution in [2.24, 2.45) is 0 Å². The van der Waals surface area contributed by atoms with Crippen LogP contribution in [0.25, 0.3) is 5.69 Å². The van der Waals surface area contributed by atoms with Crippen LogP contribution in [0.4, 0.5) is 0 Å². The van der Waals surface area contributed by atoms with Crippen LogP contribution in [0.1, 0.15) is 29.1 Å². The van der Waals surface area contributed by atoms with Gasteiger partial charge in [0.2, 0.25) is 0 Å². The van der Waals surface area contributed by atoms with Crippen LogP contribution in [0.15, 0.2) is 47.2 Å². The lowest BCUT2D eigenvalue weighted by molar-refractivity contribution is -0.147. The van der Waals surface area contributed by atoms with E-state index >= 15 is 0 Å². The molecule has 8 heteroatoms. The van der Waals surface area contributed by atoms with Gasteiger partial charge in [0, 0.05) is 29.2 Å². The molecule has 0 amide bonds. The van der Waals surface area contributed by atoms with Crippen molar-refractivity contribution in [1.29, 1.82) is 0 Å². The van der Waals surface area contributed by atoms with Gasteiger partial charge in [-0.3, -0.25) is 14.2 Å². The number of hydrogen-bond donors (Lipinski definition) is 0. The van der Waals surface area contributed by atoms with Gasteiger partial charge in [-0.2, -0.15) is 0 Å². The number of carbonyl (C=O) groups is 2. The highest BCUT2D eigenvalue weighted by molar-refractivity contribution is 7.99. The van der Waals surface area contributed by atoms with Gasteiger partial charge < -0.3 is 4.74 Å². The molecule has 6 nitrogen and oxygen atoms in total. The molecule has 1 aromatic carbocycles. The molecule has 0 unspecified atom stereocenters. The Labute approximate surface area is 172 Å². The van der Waals surface area contributed by atoms with Crippen LogP contribution >= 0.6 is 23.1 Å². The first-order valence-electron chi connectivity index (χ1n) is 8.84. The van der Waals surface area contributed by atoms with Crippen LogP contribution < -0.4 is 0 Å². The average molecular weight is 416 g/mol. The number of nitrogens with zero attached hydrogens (tertiary/aromatic N) is 3. The maximum atomic E-state index is 12.9. The summed E-state index contributed by atoms with van der Waals surface area (Å²) in [5.74, 6) is -1.68. The van der Waals surface area contributed by atoms with E-state index in [1.54, 1.807) is 13.1 Å². The first-order chi connectivity index (χ1) is 13.5. The third kappa shape index (κ3) is 4.69. The molecule has 3 rings (SSSR count). The number of imidazole rings is 1. The molecule has 2 aromatic heterocycles. The SMILES string of the molecule is CCOC(=O)[C@H](C(=O)CSc1nccn1-c1cccc(C)c1)c1nc(C)cs1. The maximum absolute atomic E-state index is 12.9. The lowest BCUT2D eigenvalue weighted by Crippen LogP contribution is -2.25. The third-order valence-corrected chi connectivity index (χ3v) is 5.97. The van der Waals surface area contributed by atoms with Gasteiger partial charge in [0.25, 0.3) is 0 Å². The lowest BCUT2D eigenvalue weighted by atomic mass is 10.1. The van der Waals surface area contributed by atoms with Crippen molar-refractivity contribution in [2.75, 3.05) is 12.4 Å². The molecule has 0 bridgehead atoms. The van der Waals surface area contributed by atoms with Gasteiger partial charge in [0.05, 0.1) is 12.4 Å². The standard InChI is InChI=1S/C20H21N3O3S2/c1-4-26-19(25)17(18-22-14(3)11-27-18)16(24)12-28-20-21-8-9-23(20)15-7-5-6-13(2)10-15/h5-11,17H,4,12H2,1-3H3/t17-/m1/s1. The fourth-order valence-electron chi connectivity index (χ4n) is 2.69. The summed E-state index contributed by atoms with van der Waals surface area (Å²) in [5, 5.41) is 2.99. The molecule has 0 saturated carbocycles. The summed E-state index contributed by atoms with van der Waals surface area (Å²) in [4.78, 5) is 33.9. The summed E-state index contributed by atoms with van der Waals surface area (Å²) in [5.41, 5.74) is 2.90. The van der Waals surface area contributed by atoms with Crippen LogP contribution in [-0.2, 0) is 14.3 Å². The predicted molar refractivity (Wildman–Crippen MR) is 110 cm³/mol. The zero-order valence-corrected chi connectivity index (χ0v) is 17.5. The monoisotopic (exact) mass is 415 g/mol. The fourth-order valence-corrected chi connectivity index (χ4v) is 4.47. The van der Waals surface area contributed by atoms with Gasteiger partial charge in [0.15, 0.2) is 16.9 Å². The highest BCUT2D eigenvalue weighted by atomic mass is 32.2. The average Bonchev–Trinajstić information content (AvgIpc) is 3.29. The number of carbonyl (C=O) groups excluding carboxylic acids is 2. The van der Waals surface area contributed by atoms with E-state index in [9.17, 15) is 9.59 Å². The molecule has 146 valence electrons. The second-order valence-electron chi connectivity index (χ2n) is 6.19. The normalized spacial score (nSPS) is 12.0. The van der Waals surface area contributed by atoms with Crippen LogP contribution in [0.5, 0.6) is 0 Å². The molecule has 0 aliphatic rings. The Kier molecular flexibility index (Phi) is 6.64. The van der Waals surface area contributed by atoms with Crippen molar-refractivity contribution in [1.82, 2.24) is 14.5 Å². The van der Waals surface area contributed by atoms with Crippen LogP contribution in [0.2, 0.25) is 0 Å². The number of esters is 1. The molecule has 0 N–H and O–H groups in total. The van der Waals surface area contributed by atoms with Crippen molar-refractivity contribution in [3.63, 3.8) is 0 Å². The Bertz CT molecular complexity index is 980. The zero-order chi connectivity index (χ0) is 20.1. The van der Waals surface area contributed by atoms with Crippen molar-refractivity contribution in [3.05, 3.63) is 58.3 Å². The lowest BCUT2D eigenvalue weighted by Gasteiger charge is -2.12. The summed E-state index contributed by atoms with van der Waals surface area (Å²) in [7, 11) is 0. The van der Waals surface area contributed by atoms with E-state index in [4.69, 9.17) is 4.74 Å². The van der Waals surface area contributed by atoms with Crippen molar-refractivity contribution in [3.8, 4) is 5.69 Å². The minimum atomic E-state index is -0.992. The van der Waals surface area contributed by atoms with Crippen molar-refractivity contribution >= 4 is 34.9 Å². The number of ketones is 1. The molecular formula is C20H21N3O3S2. The van der Waals surface area contributed by atoms with E-state index in [2.05, 4.69) is 9.97 Å². The van der Waals surface area contributed by atoms with E-state index in [-0.39, 0.29) is 18.1 Å². The Balaban J connectivity index is 1.77. The third-order valence-electron chi connectivity index (χ3n) is 3.96. The van der Waals surface area contributed by atoms with Gasteiger partial charge in [0.1, 0.15) is 5.01 Å². The molecule has 2 heterocycles. The van der Waals surface area contributed by atoms with E-state index in [0.717, 1.165) is 16.9 Å². The van der Waals surface area contributed by atoms with Crippen molar-refractivity contribution < 1.29 is 14.3 Å². The molecule has 28 heavy (non-hydrogen) atoms. The minimum absolute atomic E-state index is 0.102.